The Kier molecular flexibility index (Phi) is 4.26. The molecule has 0 bridgehead atoms. The van der Waals surface area contributed by atoms with Crippen molar-refractivity contribution in [2.75, 3.05) is 13.2 Å². The van der Waals surface area contributed by atoms with Crippen molar-refractivity contribution in [3.8, 4) is 0 Å². The number of halogens is 1. The van der Waals surface area contributed by atoms with Gasteiger partial charge in [0.25, 0.3) is 0 Å². The standard InChI is InChI=1S/C16H24FNO/c1-11-9-12(5-6-14(11)17)15-13(7-8-19-15)10-18-16(2,3)4/h5-6,9,13,15,18H,7-8,10H2,1-4H3. The van der Waals surface area contributed by atoms with E-state index in [-0.39, 0.29) is 17.5 Å². The molecular formula is C16H24FNO. The Bertz CT molecular complexity index is 439. The molecule has 1 saturated heterocycles. The number of ether oxygens (including phenoxy) is 1. The van der Waals surface area contributed by atoms with E-state index in [9.17, 15) is 4.39 Å². The average molecular weight is 265 g/mol. The quantitative estimate of drug-likeness (QED) is 0.901. The maximum atomic E-state index is 13.3. The van der Waals surface area contributed by atoms with Crippen molar-refractivity contribution in [2.24, 2.45) is 5.92 Å². The van der Waals surface area contributed by atoms with Gasteiger partial charge in [-0.1, -0.05) is 12.1 Å². The molecule has 0 spiro atoms. The number of aryl methyl sites for hydroxylation is 1. The molecule has 2 unspecified atom stereocenters. The van der Waals surface area contributed by atoms with E-state index in [1.54, 1.807) is 13.0 Å². The van der Waals surface area contributed by atoms with Crippen molar-refractivity contribution in [2.45, 2.75) is 45.8 Å². The minimum Gasteiger partial charge on any atom is -0.373 e. The number of hydrogen-bond acceptors (Lipinski definition) is 2. The van der Waals surface area contributed by atoms with Gasteiger partial charge >= 0.3 is 0 Å². The Labute approximate surface area is 115 Å². The van der Waals surface area contributed by atoms with Crippen LogP contribution in [-0.2, 0) is 4.74 Å². The number of hydrogen-bond donors (Lipinski definition) is 1. The molecule has 3 heteroatoms. The minimum atomic E-state index is -0.147. The fourth-order valence-electron chi connectivity index (χ4n) is 2.49. The Morgan fingerprint density at radius 3 is 2.74 bits per heavy atom. The lowest BCUT2D eigenvalue weighted by Crippen LogP contribution is -2.39. The Hall–Kier alpha value is -0.930. The van der Waals surface area contributed by atoms with Crippen LogP contribution in [0, 0.1) is 18.7 Å². The number of rotatable bonds is 3. The lowest BCUT2D eigenvalue weighted by Gasteiger charge is -2.26. The van der Waals surface area contributed by atoms with Gasteiger partial charge < -0.3 is 10.1 Å². The highest BCUT2D eigenvalue weighted by Gasteiger charge is 2.30. The SMILES string of the molecule is Cc1cc(C2OCCC2CNC(C)(C)C)ccc1F. The minimum absolute atomic E-state index is 0.0918. The van der Waals surface area contributed by atoms with Gasteiger partial charge in [0.2, 0.25) is 0 Å². The van der Waals surface area contributed by atoms with Crippen LogP contribution in [0.15, 0.2) is 18.2 Å². The molecule has 1 N–H and O–H groups in total. The van der Waals surface area contributed by atoms with Gasteiger partial charge in [0, 0.05) is 24.6 Å². The summed E-state index contributed by atoms with van der Waals surface area (Å²) in [5, 5.41) is 3.54. The molecule has 1 aliphatic heterocycles. The predicted molar refractivity (Wildman–Crippen MR) is 75.7 cm³/mol. The van der Waals surface area contributed by atoms with Crippen LogP contribution in [0.25, 0.3) is 0 Å². The lowest BCUT2D eigenvalue weighted by molar-refractivity contribution is 0.0888. The van der Waals surface area contributed by atoms with E-state index in [4.69, 9.17) is 4.74 Å². The molecule has 1 aliphatic rings. The maximum absolute atomic E-state index is 13.3. The Balaban J connectivity index is 2.07. The van der Waals surface area contributed by atoms with E-state index in [2.05, 4.69) is 26.1 Å². The van der Waals surface area contributed by atoms with Gasteiger partial charge in [0.05, 0.1) is 6.10 Å². The molecule has 2 nitrogen and oxygen atoms in total. The van der Waals surface area contributed by atoms with Gasteiger partial charge in [0.1, 0.15) is 5.82 Å². The largest absolute Gasteiger partial charge is 0.373 e. The van der Waals surface area contributed by atoms with Crippen LogP contribution in [0.3, 0.4) is 0 Å². The molecule has 1 fully saturated rings. The second-order valence-corrected chi connectivity index (χ2v) is 6.48. The zero-order chi connectivity index (χ0) is 14.0. The molecule has 2 rings (SSSR count). The highest BCUT2D eigenvalue weighted by Crippen LogP contribution is 2.35. The second-order valence-electron chi connectivity index (χ2n) is 6.48. The Morgan fingerprint density at radius 1 is 1.37 bits per heavy atom. The molecule has 1 aromatic rings. The topological polar surface area (TPSA) is 21.3 Å². The first-order valence-electron chi connectivity index (χ1n) is 6.99. The average Bonchev–Trinajstić information content (AvgIpc) is 2.77. The van der Waals surface area contributed by atoms with E-state index >= 15 is 0 Å². The fourth-order valence-corrected chi connectivity index (χ4v) is 2.49. The molecule has 0 aromatic heterocycles. The number of benzene rings is 1. The van der Waals surface area contributed by atoms with Crippen LogP contribution in [0.5, 0.6) is 0 Å². The highest BCUT2D eigenvalue weighted by molar-refractivity contribution is 5.26. The molecule has 106 valence electrons. The van der Waals surface area contributed by atoms with Gasteiger partial charge in [-0.05, 0) is 51.3 Å². The highest BCUT2D eigenvalue weighted by atomic mass is 19.1. The summed E-state index contributed by atoms with van der Waals surface area (Å²) in [5.41, 5.74) is 1.90. The maximum Gasteiger partial charge on any atom is 0.126 e. The van der Waals surface area contributed by atoms with E-state index in [0.717, 1.165) is 25.1 Å². The van der Waals surface area contributed by atoms with Crippen LogP contribution in [0.2, 0.25) is 0 Å². The summed E-state index contributed by atoms with van der Waals surface area (Å²) in [4.78, 5) is 0. The third-order valence-corrected chi connectivity index (χ3v) is 3.62. The van der Waals surface area contributed by atoms with Gasteiger partial charge in [0.15, 0.2) is 0 Å². The molecule has 0 radical (unpaired) electrons. The summed E-state index contributed by atoms with van der Waals surface area (Å²) in [6.45, 7) is 10.0. The van der Waals surface area contributed by atoms with E-state index in [1.165, 1.54) is 0 Å². The lowest BCUT2D eigenvalue weighted by atomic mass is 9.93. The third kappa shape index (κ3) is 3.77. The zero-order valence-electron chi connectivity index (χ0n) is 12.3. The first-order valence-corrected chi connectivity index (χ1v) is 6.99. The van der Waals surface area contributed by atoms with Crippen molar-refractivity contribution in [1.29, 1.82) is 0 Å². The first-order chi connectivity index (χ1) is 8.87. The summed E-state index contributed by atoms with van der Waals surface area (Å²) in [7, 11) is 0. The fraction of sp³-hybridized carbons (Fsp3) is 0.625. The van der Waals surface area contributed by atoms with Gasteiger partial charge in [-0.2, -0.15) is 0 Å². The molecule has 19 heavy (non-hydrogen) atoms. The van der Waals surface area contributed by atoms with E-state index in [0.29, 0.717) is 11.5 Å². The summed E-state index contributed by atoms with van der Waals surface area (Å²) < 4.78 is 19.2. The monoisotopic (exact) mass is 265 g/mol. The van der Waals surface area contributed by atoms with Crippen molar-refractivity contribution in [1.82, 2.24) is 5.32 Å². The van der Waals surface area contributed by atoms with Crippen molar-refractivity contribution in [3.63, 3.8) is 0 Å². The molecule has 0 saturated carbocycles. The van der Waals surface area contributed by atoms with Gasteiger partial charge in [-0.15, -0.1) is 0 Å². The number of nitrogens with one attached hydrogen (secondary N) is 1. The van der Waals surface area contributed by atoms with Gasteiger partial charge in [-0.25, -0.2) is 4.39 Å². The predicted octanol–water partition coefficient (Wildman–Crippen LogP) is 3.60. The van der Waals surface area contributed by atoms with E-state index < -0.39 is 0 Å². The molecule has 2 atom stereocenters. The normalized spacial score (nSPS) is 23.8. The van der Waals surface area contributed by atoms with Crippen molar-refractivity contribution >= 4 is 0 Å². The van der Waals surface area contributed by atoms with E-state index in [1.807, 2.05) is 12.1 Å². The van der Waals surface area contributed by atoms with Crippen LogP contribution in [0.1, 0.15) is 44.4 Å². The van der Waals surface area contributed by atoms with Crippen LogP contribution in [0.4, 0.5) is 4.39 Å². The third-order valence-electron chi connectivity index (χ3n) is 3.62. The van der Waals surface area contributed by atoms with Crippen molar-refractivity contribution < 1.29 is 9.13 Å². The molecule has 1 aromatic carbocycles. The first kappa shape index (κ1) is 14.5. The van der Waals surface area contributed by atoms with Crippen LogP contribution >= 0.6 is 0 Å². The van der Waals surface area contributed by atoms with Crippen LogP contribution in [-0.4, -0.2) is 18.7 Å². The van der Waals surface area contributed by atoms with Crippen molar-refractivity contribution in [3.05, 3.63) is 35.1 Å². The second kappa shape index (κ2) is 5.59. The summed E-state index contributed by atoms with van der Waals surface area (Å²) in [6.07, 6.45) is 1.15. The zero-order valence-corrected chi connectivity index (χ0v) is 12.3. The molecule has 0 aliphatic carbocycles. The summed E-state index contributed by atoms with van der Waals surface area (Å²) >= 11 is 0. The molecule has 1 heterocycles. The molecule has 0 amide bonds. The summed E-state index contributed by atoms with van der Waals surface area (Å²) in [5.74, 6) is 0.315. The summed E-state index contributed by atoms with van der Waals surface area (Å²) in [6, 6.07) is 5.30. The van der Waals surface area contributed by atoms with Crippen LogP contribution < -0.4 is 5.32 Å². The molecular weight excluding hydrogens is 241 g/mol. The van der Waals surface area contributed by atoms with Gasteiger partial charge in [-0.3, -0.25) is 0 Å². The smallest absolute Gasteiger partial charge is 0.126 e. The Morgan fingerprint density at radius 2 is 2.11 bits per heavy atom.